The average Bonchev–Trinajstić information content (AvgIpc) is 3.69. The van der Waals surface area contributed by atoms with Gasteiger partial charge < -0.3 is 14.0 Å². The van der Waals surface area contributed by atoms with Gasteiger partial charge in [-0.1, -0.05) is 59.5 Å². The third kappa shape index (κ3) is 5.50. The Hall–Kier alpha value is -5.49. The van der Waals surface area contributed by atoms with Gasteiger partial charge in [-0.05, 0) is 49.0 Å². The molecule has 0 atom stereocenters. The molecule has 9 rings (SSSR count). The van der Waals surface area contributed by atoms with Gasteiger partial charge in [0, 0.05) is 48.8 Å². The summed E-state index contributed by atoms with van der Waals surface area (Å²) in [5, 5.41) is 2.77. The van der Waals surface area contributed by atoms with Crippen LogP contribution in [-0.4, -0.2) is 19.5 Å². The van der Waals surface area contributed by atoms with Crippen LogP contribution >= 0.6 is 0 Å². The zero-order valence-corrected chi connectivity index (χ0v) is 27.5. The zero-order chi connectivity index (χ0) is 31.0. The largest absolute Gasteiger partial charge is 0.500 e. The molecule has 0 N–H and O–H groups in total. The minimum atomic E-state index is -0.332. The van der Waals surface area contributed by atoms with Crippen molar-refractivity contribution in [2.75, 3.05) is 0 Å². The molecule has 0 aliphatic carbocycles. The Morgan fingerprint density at radius 3 is 2.34 bits per heavy atom. The first-order valence-electron chi connectivity index (χ1n) is 14.9. The second-order valence-electron chi connectivity index (χ2n) is 10.8. The first-order valence-corrected chi connectivity index (χ1v) is 14.9. The molecule has 0 spiro atoms. The Labute approximate surface area is 283 Å². The molecule has 5 nitrogen and oxygen atoms in total. The molecule has 0 saturated carbocycles. The molecule has 5 aromatic carbocycles. The number of nitrogens with zero attached hydrogens (tertiary/aromatic N) is 4. The van der Waals surface area contributed by atoms with Crippen molar-refractivity contribution in [1.82, 2.24) is 19.5 Å². The van der Waals surface area contributed by atoms with E-state index in [1.165, 1.54) is 12.1 Å². The van der Waals surface area contributed by atoms with Gasteiger partial charge in [0.25, 0.3) is 0 Å². The number of halogens is 1. The average molecular weight is 789 g/mol. The van der Waals surface area contributed by atoms with Crippen LogP contribution in [0.3, 0.4) is 0 Å². The van der Waals surface area contributed by atoms with Gasteiger partial charge in [0.15, 0.2) is 0 Å². The molecule has 47 heavy (non-hydrogen) atoms. The molecule has 0 amide bonds. The number of rotatable bonds is 3. The molecule has 0 aliphatic rings. The van der Waals surface area contributed by atoms with Crippen molar-refractivity contribution in [2.45, 2.75) is 6.92 Å². The van der Waals surface area contributed by atoms with E-state index >= 15 is 0 Å². The fraction of sp³-hybridized carbons (Fsp3) is 0.0250. The quantitative estimate of drug-likeness (QED) is 0.167. The number of hydrogen-bond donors (Lipinski definition) is 0. The first-order chi connectivity index (χ1) is 22.7. The summed E-state index contributed by atoms with van der Waals surface area (Å²) in [6.07, 6.45) is 1.79. The Morgan fingerprint density at radius 1 is 0.723 bits per heavy atom. The summed E-state index contributed by atoms with van der Waals surface area (Å²) < 4.78 is 22.2. The molecule has 0 unspecified atom stereocenters. The van der Waals surface area contributed by atoms with Gasteiger partial charge in [0.05, 0.1) is 33.7 Å². The molecule has 0 bridgehead atoms. The van der Waals surface area contributed by atoms with E-state index in [1.807, 2.05) is 97.9 Å². The predicted octanol–water partition coefficient (Wildman–Crippen LogP) is 9.93. The summed E-state index contributed by atoms with van der Waals surface area (Å²) in [7, 11) is 0. The van der Waals surface area contributed by atoms with Crippen LogP contribution in [-0.2, 0) is 20.1 Å². The maximum atomic E-state index is 13.9. The molecule has 0 aliphatic heterocycles. The fourth-order valence-electron chi connectivity index (χ4n) is 5.88. The number of hydrogen-bond acceptors (Lipinski definition) is 4. The summed E-state index contributed by atoms with van der Waals surface area (Å²) in [5.74, 6) is 0.370. The first kappa shape index (κ1) is 30.2. The minimum absolute atomic E-state index is 0. The van der Waals surface area contributed by atoms with E-state index in [0.717, 1.165) is 60.9 Å². The van der Waals surface area contributed by atoms with Gasteiger partial charge in [0.2, 0.25) is 0 Å². The van der Waals surface area contributed by atoms with Crippen molar-refractivity contribution in [3.8, 4) is 28.3 Å². The third-order valence-electron chi connectivity index (χ3n) is 7.95. The van der Waals surface area contributed by atoms with Gasteiger partial charge in [-0.25, -0.2) is 4.39 Å². The second-order valence-corrected chi connectivity index (χ2v) is 10.8. The van der Waals surface area contributed by atoms with E-state index < -0.39 is 0 Å². The smallest absolute Gasteiger partial charge is 0.126 e. The SMILES string of the molecule is Cc1nc2ccccc2c2c1nc(-c1[c-]ccc3c1oc1cc(F)ccc13)n2-c1ccccc1.[Ir].[c-]1ccccc1-c1ccccn1. The number of imidazole rings is 1. The molecule has 229 valence electrons. The van der Waals surface area contributed by atoms with Gasteiger partial charge in [-0.2, -0.15) is 0 Å². The van der Waals surface area contributed by atoms with Gasteiger partial charge in [-0.3, -0.25) is 9.97 Å². The summed E-state index contributed by atoms with van der Waals surface area (Å²) in [6.45, 7) is 1.98. The van der Waals surface area contributed by atoms with E-state index in [0.29, 0.717) is 17.0 Å². The van der Waals surface area contributed by atoms with E-state index in [9.17, 15) is 4.39 Å². The maximum absolute atomic E-state index is 13.9. The zero-order valence-electron chi connectivity index (χ0n) is 25.1. The van der Waals surface area contributed by atoms with Crippen LogP contribution in [0.1, 0.15) is 5.69 Å². The Morgan fingerprint density at radius 2 is 1.53 bits per heavy atom. The molecular weight excluding hydrogens is 764 g/mol. The monoisotopic (exact) mass is 789 g/mol. The van der Waals surface area contributed by atoms with Crippen LogP contribution in [0.4, 0.5) is 4.39 Å². The fourth-order valence-corrected chi connectivity index (χ4v) is 5.88. The second kappa shape index (κ2) is 12.7. The number of para-hydroxylation sites is 2. The maximum Gasteiger partial charge on any atom is 0.126 e. The molecule has 7 heteroatoms. The van der Waals surface area contributed by atoms with Gasteiger partial charge in [0.1, 0.15) is 11.4 Å². The number of benzene rings is 5. The number of pyridine rings is 2. The van der Waals surface area contributed by atoms with Crippen LogP contribution in [0.5, 0.6) is 0 Å². The van der Waals surface area contributed by atoms with Crippen molar-refractivity contribution in [2.24, 2.45) is 0 Å². The van der Waals surface area contributed by atoms with Crippen LogP contribution in [0, 0.1) is 24.9 Å². The van der Waals surface area contributed by atoms with E-state index in [2.05, 4.69) is 39.9 Å². The standard InChI is InChI=1S/C29H17FN3O.C11H8N.Ir/c1-17-26-27(22-10-5-6-13-24(22)31-17)33(19-8-3-2-4-9-19)29(32-26)23-12-7-11-21-20-15-14-18(30)16-25(20)34-28(21)23;1-2-6-10(7-3-1)11-8-4-5-9-12-11;/h2-11,13-16H,1H3;1-6,8-9H;/q2*-1;. The normalized spacial score (nSPS) is 11.0. The minimum Gasteiger partial charge on any atom is -0.500 e. The topological polar surface area (TPSA) is 56.7 Å². The van der Waals surface area contributed by atoms with E-state index in [1.54, 1.807) is 12.3 Å². The third-order valence-corrected chi connectivity index (χ3v) is 7.95. The van der Waals surface area contributed by atoms with Crippen molar-refractivity contribution >= 4 is 43.9 Å². The van der Waals surface area contributed by atoms with Crippen LogP contribution in [0.2, 0.25) is 0 Å². The number of aryl methyl sites for hydroxylation is 1. The summed E-state index contributed by atoms with van der Waals surface area (Å²) in [4.78, 5) is 14.1. The van der Waals surface area contributed by atoms with E-state index in [4.69, 9.17) is 14.4 Å². The van der Waals surface area contributed by atoms with Crippen molar-refractivity contribution < 1.29 is 28.9 Å². The summed E-state index contributed by atoms with van der Waals surface area (Å²) in [5.41, 5.74) is 8.41. The van der Waals surface area contributed by atoms with Crippen LogP contribution in [0.25, 0.3) is 72.2 Å². The van der Waals surface area contributed by atoms with E-state index in [-0.39, 0.29) is 25.9 Å². The number of furan rings is 1. The Bertz CT molecular complexity index is 2460. The van der Waals surface area contributed by atoms with Crippen molar-refractivity contribution in [1.29, 1.82) is 0 Å². The van der Waals surface area contributed by atoms with Crippen molar-refractivity contribution in [3.63, 3.8) is 0 Å². The molecule has 0 saturated heterocycles. The predicted molar refractivity (Wildman–Crippen MR) is 181 cm³/mol. The summed E-state index contributed by atoms with van der Waals surface area (Å²) in [6, 6.07) is 46.8. The summed E-state index contributed by atoms with van der Waals surface area (Å²) >= 11 is 0. The number of fused-ring (bicyclic) bond motifs is 6. The van der Waals surface area contributed by atoms with Crippen LogP contribution in [0.15, 0.2) is 138 Å². The van der Waals surface area contributed by atoms with Gasteiger partial charge >= 0.3 is 0 Å². The Kier molecular flexibility index (Phi) is 8.17. The molecule has 4 aromatic heterocycles. The molecule has 0 fully saturated rings. The number of aromatic nitrogens is 4. The van der Waals surface area contributed by atoms with Crippen molar-refractivity contribution in [3.05, 3.63) is 157 Å². The molecule has 4 heterocycles. The van der Waals surface area contributed by atoms with Gasteiger partial charge in [-0.15, -0.1) is 54.1 Å². The molecule has 9 aromatic rings. The molecular formula is C40H25FIrN4O-2. The Balaban J connectivity index is 0.000000228. The van der Waals surface area contributed by atoms with Crippen LogP contribution < -0.4 is 0 Å². The molecule has 1 radical (unpaired) electrons.